The summed E-state index contributed by atoms with van der Waals surface area (Å²) in [4.78, 5) is 8.05. The smallest absolute Gasteiger partial charge is 0.185 e. The first kappa shape index (κ1) is 15.7. The van der Waals surface area contributed by atoms with Gasteiger partial charge in [0.1, 0.15) is 12.2 Å². The molecule has 1 N–H and O–H groups in total. The van der Waals surface area contributed by atoms with Gasteiger partial charge in [-0.1, -0.05) is 13.8 Å². The molecule has 114 valence electrons. The molecule has 0 spiro atoms. The minimum absolute atomic E-state index is 0.131. The first-order valence-corrected chi connectivity index (χ1v) is 7.91. The minimum atomic E-state index is 0.131. The van der Waals surface area contributed by atoms with Crippen LogP contribution in [0, 0.1) is 5.92 Å². The second kappa shape index (κ2) is 7.36. The normalized spacial score (nSPS) is 22.9. The van der Waals surface area contributed by atoms with E-state index in [4.69, 9.17) is 9.47 Å². The van der Waals surface area contributed by atoms with Crippen LogP contribution in [0.3, 0.4) is 0 Å². The van der Waals surface area contributed by atoms with Gasteiger partial charge in [0, 0.05) is 44.9 Å². The van der Waals surface area contributed by atoms with Crippen LogP contribution >= 0.6 is 11.3 Å². The number of aromatic nitrogens is 1. The number of methoxy groups -OCH3 is 2. The summed E-state index contributed by atoms with van der Waals surface area (Å²) in [6.45, 7) is 8.05. The van der Waals surface area contributed by atoms with Gasteiger partial charge in [0.2, 0.25) is 0 Å². The summed E-state index contributed by atoms with van der Waals surface area (Å²) < 4.78 is 10.9. The van der Waals surface area contributed by atoms with Crippen LogP contribution in [-0.4, -0.2) is 51.0 Å². The first-order valence-electron chi connectivity index (χ1n) is 7.10. The third kappa shape index (κ3) is 3.91. The Hall–Kier alpha value is -0.690. The van der Waals surface area contributed by atoms with E-state index in [0.29, 0.717) is 5.92 Å². The molecule has 1 aromatic rings. The number of anilines is 1. The summed E-state index contributed by atoms with van der Waals surface area (Å²) in [5.74, 6) is 0.672. The summed E-state index contributed by atoms with van der Waals surface area (Å²) >= 11 is 1.75. The zero-order valence-corrected chi connectivity index (χ0v) is 13.6. The van der Waals surface area contributed by atoms with Crippen molar-refractivity contribution in [2.75, 3.05) is 38.8 Å². The molecule has 1 aliphatic heterocycles. The summed E-state index contributed by atoms with van der Waals surface area (Å²) in [5, 5.41) is 4.51. The van der Waals surface area contributed by atoms with Crippen LogP contribution in [0.5, 0.6) is 0 Å². The second-order valence-electron chi connectivity index (χ2n) is 5.59. The van der Waals surface area contributed by atoms with E-state index in [0.717, 1.165) is 31.3 Å². The largest absolute Gasteiger partial charge is 0.377 e. The Balaban J connectivity index is 1.89. The Morgan fingerprint density at radius 3 is 2.55 bits per heavy atom. The van der Waals surface area contributed by atoms with Gasteiger partial charge in [-0.15, -0.1) is 11.3 Å². The molecule has 5 nitrogen and oxygen atoms in total. The van der Waals surface area contributed by atoms with Crippen LogP contribution in [0.15, 0.2) is 6.20 Å². The third-order valence-corrected chi connectivity index (χ3v) is 4.54. The zero-order chi connectivity index (χ0) is 14.5. The van der Waals surface area contributed by atoms with Crippen molar-refractivity contribution in [3.63, 3.8) is 0 Å². The molecule has 2 rings (SSSR count). The van der Waals surface area contributed by atoms with E-state index in [1.165, 1.54) is 4.88 Å². The van der Waals surface area contributed by atoms with E-state index in [2.05, 4.69) is 29.0 Å². The number of hydrogen-bond donors (Lipinski definition) is 1. The van der Waals surface area contributed by atoms with E-state index in [1.54, 1.807) is 25.6 Å². The van der Waals surface area contributed by atoms with Crippen molar-refractivity contribution in [3.05, 3.63) is 11.1 Å². The Morgan fingerprint density at radius 2 is 2.00 bits per heavy atom. The molecule has 20 heavy (non-hydrogen) atoms. The van der Waals surface area contributed by atoms with Gasteiger partial charge in [0.15, 0.2) is 5.13 Å². The van der Waals surface area contributed by atoms with Crippen molar-refractivity contribution >= 4 is 16.5 Å². The van der Waals surface area contributed by atoms with Crippen LogP contribution in [-0.2, 0) is 16.0 Å². The van der Waals surface area contributed by atoms with Gasteiger partial charge < -0.3 is 19.7 Å². The maximum Gasteiger partial charge on any atom is 0.185 e. The molecule has 0 aliphatic carbocycles. The molecule has 0 aromatic carbocycles. The van der Waals surface area contributed by atoms with Gasteiger partial charge in [0.05, 0.1) is 0 Å². The minimum Gasteiger partial charge on any atom is -0.377 e. The van der Waals surface area contributed by atoms with Crippen molar-refractivity contribution < 1.29 is 9.47 Å². The molecule has 1 saturated heterocycles. The lowest BCUT2D eigenvalue weighted by atomic mass is 10.2. The zero-order valence-electron chi connectivity index (χ0n) is 12.8. The van der Waals surface area contributed by atoms with Gasteiger partial charge >= 0.3 is 0 Å². The standard InChI is InChI=1S/C14H25N3O2S/c1-10(2)5-15-6-11-7-16-14(20-11)17-8-12(18-3)13(9-17)19-4/h7,10,12-13,15H,5-6,8-9H2,1-4H3. The lowest BCUT2D eigenvalue weighted by Crippen LogP contribution is -2.27. The van der Waals surface area contributed by atoms with Gasteiger partial charge in [-0.3, -0.25) is 0 Å². The molecular formula is C14H25N3O2S. The summed E-state index contributed by atoms with van der Waals surface area (Å²) in [5.41, 5.74) is 0. The molecular weight excluding hydrogens is 274 g/mol. The van der Waals surface area contributed by atoms with Crippen molar-refractivity contribution in [2.24, 2.45) is 5.92 Å². The molecule has 0 radical (unpaired) electrons. The van der Waals surface area contributed by atoms with Crippen LogP contribution in [0.25, 0.3) is 0 Å². The van der Waals surface area contributed by atoms with Crippen LogP contribution in [0.2, 0.25) is 0 Å². The number of thiazole rings is 1. The highest BCUT2D eigenvalue weighted by Gasteiger charge is 2.34. The average Bonchev–Trinajstić information content (AvgIpc) is 3.03. The number of nitrogens with one attached hydrogen (secondary N) is 1. The maximum atomic E-state index is 5.46. The van der Waals surface area contributed by atoms with Gasteiger partial charge in [-0.05, 0) is 12.5 Å². The van der Waals surface area contributed by atoms with Crippen LogP contribution in [0.1, 0.15) is 18.7 Å². The highest BCUT2D eigenvalue weighted by atomic mass is 32.1. The fourth-order valence-corrected chi connectivity index (χ4v) is 3.26. The quantitative estimate of drug-likeness (QED) is 0.831. The summed E-state index contributed by atoms with van der Waals surface area (Å²) in [7, 11) is 3.48. The van der Waals surface area contributed by atoms with E-state index in [-0.39, 0.29) is 12.2 Å². The topological polar surface area (TPSA) is 46.6 Å². The number of rotatable bonds is 7. The summed E-state index contributed by atoms with van der Waals surface area (Å²) in [6.07, 6.45) is 2.23. The third-order valence-electron chi connectivity index (χ3n) is 3.48. The predicted octanol–water partition coefficient (Wildman–Crippen LogP) is 1.74. The van der Waals surface area contributed by atoms with E-state index in [1.807, 2.05) is 6.20 Å². The molecule has 0 amide bonds. The second-order valence-corrected chi connectivity index (χ2v) is 6.68. The molecule has 2 heterocycles. The number of nitrogens with zero attached hydrogens (tertiary/aromatic N) is 2. The molecule has 6 heteroatoms. The van der Waals surface area contributed by atoms with E-state index < -0.39 is 0 Å². The fourth-order valence-electron chi connectivity index (χ4n) is 2.36. The van der Waals surface area contributed by atoms with Crippen molar-refractivity contribution in [3.8, 4) is 0 Å². The average molecular weight is 299 g/mol. The molecule has 1 aliphatic rings. The monoisotopic (exact) mass is 299 g/mol. The van der Waals surface area contributed by atoms with Gasteiger partial charge in [-0.2, -0.15) is 0 Å². The van der Waals surface area contributed by atoms with Crippen molar-refractivity contribution in [1.82, 2.24) is 10.3 Å². The number of hydrogen-bond acceptors (Lipinski definition) is 6. The van der Waals surface area contributed by atoms with Gasteiger partial charge in [0.25, 0.3) is 0 Å². The predicted molar refractivity (Wildman–Crippen MR) is 82.5 cm³/mol. The molecule has 0 saturated carbocycles. The highest BCUT2D eigenvalue weighted by Crippen LogP contribution is 2.27. The fraction of sp³-hybridized carbons (Fsp3) is 0.786. The first-order chi connectivity index (χ1) is 9.63. The molecule has 1 fully saturated rings. The lowest BCUT2D eigenvalue weighted by Gasteiger charge is -2.13. The Kier molecular flexibility index (Phi) is 5.77. The lowest BCUT2D eigenvalue weighted by molar-refractivity contribution is -0.00461. The van der Waals surface area contributed by atoms with Gasteiger partial charge in [-0.25, -0.2) is 4.98 Å². The Bertz CT molecular complexity index is 399. The molecule has 2 unspecified atom stereocenters. The van der Waals surface area contributed by atoms with Crippen LogP contribution < -0.4 is 10.2 Å². The molecule has 0 bridgehead atoms. The van der Waals surface area contributed by atoms with E-state index >= 15 is 0 Å². The van der Waals surface area contributed by atoms with Crippen molar-refractivity contribution in [2.45, 2.75) is 32.6 Å². The molecule has 1 aromatic heterocycles. The van der Waals surface area contributed by atoms with E-state index in [9.17, 15) is 0 Å². The number of ether oxygens (including phenoxy) is 2. The Morgan fingerprint density at radius 1 is 1.35 bits per heavy atom. The SMILES string of the molecule is COC1CN(c2ncc(CNCC(C)C)s2)CC1OC. The maximum absolute atomic E-state index is 5.46. The van der Waals surface area contributed by atoms with Crippen LogP contribution in [0.4, 0.5) is 5.13 Å². The summed E-state index contributed by atoms with van der Waals surface area (Å²) in [6, 6.07) is 0. The molecule has 2 atom stereocenters. The van der Waals surface area contributed by atoms with Crippen molar-refractivity contribution in [1.29, 1.82) is 0 Å². The highest BCUT2D eigenvalue weighted by molar-refractivity contribution is 7.15. The Labute approximate surface area is 125 Å².